The maximum absolute atomic E-state index is 5.63. The van der Waals surface area contributed by atoms with E-state index >= 15 is 0 Å². The molecule has 1 aliphatic rings. The molecule has 0 radical (unpaired) electrons. The zero-order valence-electron chi connectivity index (χ0n) is 18.0. The molecule has 2 aromatic rings. The van der Waals surface area contributed by atoms with Crippen LogP contribution in [0.5, 0.6) is 0 Å². The number of pyridine rings is 1. The molecular weight excluding hydrogens is 362 g/mol. The molecule has 156 valence electrons. The number of hydrogen-bond donors (Lipinski definition) is 2. The molecule has 1 aliphatic heterocycles. The van der Waals surface area contributed by atoms with Gasteiger partial charge in [0.25, 0.3) is 0 Å². The highest BCUT2D eigenvalue weighted by Crippen LogP contribution is 2.17. The van der Waals surface area contributed by atoms with Crippen molar-refractivity contribution in [2.24, 2.45) is 4.99 Å². The average Bonchev–Trinajstić information content (AvgIpc) is 2.76. The van der Waals surface area contributed by atoms with E-state index in [-0.39, 0.29) is 12.1 Å². The van der Waals surface area contributed by atoms with Crippen molar-refractivity contribution in [1.29, 1.82) is 0 Å². The third-order valence-corrected chi connectivity index (χ3v) is 5.30. The van der Waals surface area contributed by atoms with Gasteiger partial charge >= 0.3 is 0 Å². The molecule has 29 heavy (non-hydrogen) atoms. The second-order valence-electron chi connectivity index (χ2n) is 7.54. The maximum Gasteiger partial charge on any atom is 0.191 e. The van der Waals surface area contributed by atoms with Crippen molar-refractivity contribution in [1.82, 2.24) is 15.6 Å². The number of nitrogens with zero attached hydrogens (tertiary/aromatic N) is 3. The van der Waals surface area contributed by atoms with Crippen molar-refractivity contribution >= 4 is 11.8 Å². The van der Waals surface area contributed by atoms with Gasteiger partial charge in [-0.2, -0.15) is 0 Å². The van der Waals surface area contributed by atoms with Crippen LogP contribution in [0.2, 0.25) is 0 Å². The fraction of sp³-hybridized carbons (Fsp3) is 0.478. The maximum atomic E-state index is 5.63. The zero-order chi connectivity index (χ0) is 20.6. The van der Waals surface area contributed by atoms with Crippen molar-refractivity contribution in [3.05, 3.63) is 59.3 Å². The van der Waals surface area contributed by atoms with Gasteiger partial charge in [-0.25, -0.2) is 4.98 Å². The minimum absolute atomic E-state index is 0.176. The molecule has 2 atom stereocenters. The van der Waals surface area contributed by atoms with Crippen molar-refractivity contribution in [3.8, 4) is 0 Å². The Balaban J connectivity index is 1.57. The smallest absolute Gasteiger partial charge is 0.191 e. The van der Waals surface area contributed by atoms with E-state index in [9.17, 15) is 0 Å². The Morgan fingerprint density at radius 3 is 2.76 bits per heavy atom. The molecule has 1 aromatic carbocycles. The van der Waals surface area contributed by atoms with Crippen LogP contribution < -0.4 is 15.5 Å². The number of anilines is 1. The number of aromatic nitrogens is 1. The monoisotopic (exact) mass is 395 g/mol. The third kappa shape index (κ3) is 5.94. The molecule has 0 aliphatic carbocycles. The summed E-state index contributed by atoms with van der Waals surface area (Å²) in [4.78, 5) is 11.2. The number of nitrogens with one attached hydrogen (secondary N) is 2. The summed E-state index contributed by atoms with van der Waals surface area (Å²) in [5.74, 6) is 1.79. The molecule has 6 heteroatoms. The van der Waals surface area contributed by atoms with Gasteiger partial charge in [0.05, 0.1) is 18.8 Å². The van der Waals surface area contributed by atoms with E-state index in [1.807, 2.05) is 12.3 Å². The lowest BCUT2D eigenvalue weighted by Crippen LogP contribution is -2.41. The van der Waals surface area contributed by atoms with Crippen LogP contribution in [0, 0.1) is 0 Å². The number of rotatable bonds is 6. The summed E-state index contributed by atoms with van der Waals surface area (Å²) in [6.07, 6.45) is 3.17. The van der Waals surface area contributed by atoms with E-state index in [0.29, 0.717) is 6.54 Å². The first-order chi connectivity index (χ1) is 14.1. The highest BCUT2D eigenvalue weighted by Gasteiger charge is 2.18. The van der Waals surface area contributed by atoms with Crippen LogP contribution in [0.3, 0.4) is 0 Å². The average molecular weight is 396 g/mol. The fourth-order valence-corrected chi connectivity index (χ4v) is 3.48. The minimum Gasteiger partial charge on any atom is -0.375 e. The highest BCUT2D eigenvalue weighted by atomic mass is 16.5. The number of aliphatic imine (C=N–C) groups is 1. The summed E-state index contributed by atoms with van der Waals surface area (Å²) in [5.41, 5.74) is 3.78. The van der Waals surface area contributed by atoms with Gasteiger partial charge in [-0.15, -0.1) is 0 Å². The summed E-state index contributed by atoms with van der Waals surface area (Å²) in [7, 11) is 1.80. The number of aryl methyl sites for hydroxylation is 1. The van der Waals surface area contributed by atoms with Crippen molar-refractivity contribution in [2.75, 3.05) is 31.6 Å². The Bertz CT molecular complexity index is 805. The van der Waals surface area contributed by atoms with Crippen LogP contribution in [-0.4, -0.2) is 43.8 Å². The van der Waals surface area contributed by atoms with E-state index in [0.717, 1.165) is 37.9 Å². The molecule has 0 saturated carbocycles. The molecule has 0 spiro atoms. The molecule has 2 unspecified atom stereocenters. The van der Waals surface area contributed by atoms with Crippen LogP contribution >= 0.6 is 0 Å². The molecule has 6 nitrogen and oxygen atoms in total. The second kappa shape index (κ2) is 10.3. The zero-order valence-corrected chi connectivity index (χ0v) is 18.0. The molecule has 3 rings (SSSR count). The third-order valence-electron chi connectivity index (χ3n) is 5.30. The molecular formula is C23H33N5O. The number of benzene rings is 1. The lowest BCUT2D eigenvalue weighted by atomic mass is 10.1. The van der Waals surface area contributed by atoms with Gasteiger partial charge in [-0.1, -0.05) is 31.2 Å². The van der Waals surface area contributed by atoms with Gasteiger partial charge in [-0.05, 0) is 49.1 Å². The molecule has 1 fully saturated rings. The second-order valence-corrected chi connectivity index (χ2v) is 7.54. The Kier molecular flexibility index (Phi) is 7.47. The van der Waals surface area contributed by atoms with Crippen molar-refractivity contribution in [3.63, 3.8) is 0 Å². The Morgan fingerprint density at radius 1 is 1.28 bits per heavy atom. The van der Waals surface area contributed by atoms with E-state index < -0.39 is 0 Å². The SMILES string of the molecule is CCc1ccc(C(C)NC(=NC)NCc2ccnc(N3CCOC(C)C3)c2)cc1. The summed E-state index contributed by atoms with van der Waals surface area (Å²) < 4.78 is 5.63. The largest absolute Gasteiger partial charge is 0.375 e. The number of morpholine rings is 1. The van der Waals surface area contributed by atoms with Crippen molar-refractivity contribution < 1.29 is 4.74 Å². The molecule has 2 N–H and O–H groups in total. The quantitative estimate of drug-likeness (QED) is 0.581. The summed E-state index contributed by atoms with van der Waals surface area (Å²) in [6.45, 7) is 9.62. The topological polar surface area (TPSA) is 61.8 Å². The fourth-order valence-electron chi connectivity index (χ4n) is 3.48. The minimum atomic E-state index is 0.176. The first-order valence-corrected chi connectivity index (χ1v) is 10.5. The van der Waals surface area contributed by atoms with E-state index in [4.69, 9.17) is 4.74 Å². The normalized spacial score (nSPS) is 18.4. The molecule has 1 aromatic heterocycles. The summed E-state index contributed by atoms with van der Waals surface area (Å²) in [5, 5.41) is 6.89. The predicted octanol–water partition coefficient (Wildman–Crippen LogP) is 3.30. The Labute approximate surface area is 174 Å². The lowest BCUT2D eigenvalue weighted by molar-refractivity contribution is 0.0529. The summed E-state index contributed by atoms with van der Waals surface area (Å²) >= 11 is 0. The highest BCUT2D eigenvalue weighted by molar-refractivity contribution is 5.80. The van der Waals surface area contributed by atoms with Gasteiger partial charge in [0.15, 0.2) is 5.96 Å². The van der Waals surface area contributed by atoms with Gasteiger partial charge in [-0.3, -0.25) is 4.99 Å². The first kappa shape index (κ1) is 21.1. The molecule has 2 heterocycles. The lowest BCUT2D eigenvalue weighted by Gasteiger charge is -2.32. The Morgan fingerprint density at radius 2 is 2.07 bits per heavy atom. The predicted molar refractivity (Wildman–Crippen MR) is 119 cm³/mol. The van der Waals surface area contributed by atoms with Gasteiger partial charge < -0.3 is 20.3 Å². The van der Waals surface area contributed by atoms with Crippen LogP contribution in [0.25, 0.3) is 0 Å². The van der Waals surface area contributed by atoms with Crippen LogP contribution in [0.15, 0.2) is 47.6 Å². The van der Waals surface area contributed by atoms with Crippen LogP contribution in [0.1, 0.15) is 43.5 Å². The number of guanidine groups is 1. The number of hydrogen-bond acceptors (Lipinski definition) is 4. The Hall–Kier alpha value is -2.60. The first-order valence-electron chi connectivity index (χ1n) is 10.5. The van der Waals surface area contributed by atoms with Crippen LogP contribution in [0.4, 0.5) is 5.82 Å². The molecule has 0 amide bonds. The van der Waals surface area contributed by atoms with E-state index in [2.05, 4.69) is 76.6 Å². The number of ether oxygens (including phenoxy) is 1. The van der Waals surface area contributed by atoms with Crippen LogP contribution in [-0.2, 0) is 17.7 Å². The van der Waals surface area contributed by atoms with E-state index in [1.54, 1.807) is 7.05 Å². The summed E-state index contributed by atoms with van der Waals surface area (Å²) in [6, 6.07) is 13.1. The van der Waals surface area contributed by atoms with E-state index in [1.165, 1.54) is 16.7 Å². The molecule has 0 bridgehead atoms. The van der Waals surface area contributed by atoms with Crippen molar-refractivity contribution in [2.45, 2.75) is 45.9 Å². The standard InChI is InChI=1S/C23H33N5O/c1-5-19-6-8-21(9-7-19)18(3)27-23(24-4)26-15-20-10-11-25-22(14-20)28-12-13-29-17(2)16-28/h6-11,14,17-18H,5,12-13,15-16H2,1-4H3,(H2,24,26,27). The van der Waals surface area contributed by atoms with Gasteiger partial charge in [0.1, 0.15) is 5.82 Å². The van der Waals surface area contributed by atoms with Gasteiger partial charge in [0, 0.05) is 32.9 Å². The van der Waals surface area contributed by atoms with Gasteiger partial charge in [0.2, 0.25) is 0 Å². The molecule has 1 saturated heterocycles.